The Morgan fingerprint density at radius 3 is 2.57 bits per heavy atom. The standard InChI is InChI=1S/C23H19F3N8O/c24-23(25,26)12-34-20(9-19(33-34)17-3-1-2-8-29-17)32-22(35)21-18(30-15-10-27-13-28-11-15)7-6-16(31-21)14-4-5-14/h1-3,6-11,13-14,30H,4-5,12H2,(H,32,35). The molecule has 4 aromatic rings. The van der Waals surface area contributed by atoms with Gasteiger partial charge in [-0.25, -0.2) is 19.6 Å². The Morgan fingerprint density at radius 2 is 1.89 bits per heavy atom. The van der Waals surface area contributed by atoms with Crippen LogP contribution < -0.4 is 10.6 Å². The fraction of sp³-hybridized carbons (Fsp3) is 0.217. The van der Waals surface area contributed by atoms with E-state index in [-0.39, 0.29) is 23.1 Å². The number of alkyl halides is 3. The Bertz CT molecular complexity index is 1340. The van der Waals surface area contributed by atoms with Crippen LogP contribution in [-0.4, -0.2) is 41.8 Å². The number of aromatic nitrogens is 6. The molecule has 4 heterocycles. The van der Waals surface area contributed by atoms with Crippen LogP contribution in [0.2, 0.25) is 0 Å². The van der Waals surface area contributed by atoms with E-state index >= 15 is 0 Å². The summed E-state index contributed by atoms with van der Waals surface area (Å²) < 4.78 is 40.4. The lowest BCUT2D eigenvalue weighted by atomic mass is 10.2. The van der Waals surface area contributed by atoms with Crippen LogP contribution in [0, 0.1) is 0 Å². The number of pyridine rings is 2. The Labute approximate surface area is 197 Å². The van der Waals surface area contributed by atoms with Gasteiger partial charge in [-0.2, -0.15) is 18.3 Å². The van der Waals surface area contributed by atoms with Crippen LogP contribution >= 0.6 is 0 Å². The Hall–Kier alpha value is -4.35. The quantitative estimate of drug-likeness (QED) is 0.399. The number of hydrogen-bond donors (Lipinski definition) is 2. The second-order valence-electron chi connectivity index (χ2n) is 8.02. The SMILES string of the molecule is O=C(Nc1cc(-c2ccccn2)nn1CC(F)(F)F)c1nc(C2CC2)ccc1Nc1cncnc1. The van der Waals surface area contributed by atoms with E-state index in [0.717, 1.165) is 18.5 Å². The number of carbonyl (C=O) groups is 1. The molecule has 0 atom stereocenters. The van der Waals surface area contributed by atoms with Gasteiger partial charge in [0, 0.05) is 23.9 Å². The minimum atomic E-state index is -4.54. The number of anilines is 3. The summed E-state index contributed by atoms with van der Waals surface area (Å²) in [6, 6.07) is 9.90. The van der Waals surface area contributed by atoms with Crippen LogP contribution in [0.3, 0.4) is 0 Å². The smallest absolute Gasteiger partial charge is 0.351 e. The van der Waals surface area contributed by atoms with Gasteiger partial charge in [-0.1, -0.05) is 6.07 Å². The molecule has 4 aromatic heterocycles. The summed E-state index contributed by atoms with van der Waals surface area (Å²) in [5.74, 6) is -0.537. The lowest BCUT2D eigenvalue weighted by Crippen LogP contribution is -2.23. The van der Waals surface area contributed by atoms with Crippen molar-refractivity contribution in [1.29, 1.82) is 0 Å². The summed E-state index contributed by atoms with van der Waals surface area (Å²) in [5, 5.41) is 9.63. The van der Waals surface area contributed by atoms with E-state index in [9.17, 15) is 18.0 Å². The second kappa shape index (κ2) is 9.12. The van der Waals surface area contributed by atoms with Gasteiger partial charge in [-0.15, -0.1) is 0 Å². The van der Waals surface area contributed by atoms with E-state index in [1.165, 1.54) is 31.0 Å². The average molecular weight is 480 g/mol. The fourth-order valence-electron chi connectivity index (χ4n) is 3.50. The molecule has 5 rings (SSSR count). The van der Waals surface area contributed by atoms with E-state index in [2.05, 4.69) is 35.7 Å². The van der Waals surface area contributed by atoms with Crippen molar-refractivity contribution in [2.24, 2.45) is 0 Å². The monoisotopic (exact) mass is 480 g/mol. The molecule has 1 fully saturated rings. The molecule has 0 unspecified atom stereocenters. The third-order valence-corrected chi connectivity index (χ3v) is 5.25. The molecule has 1 aliphatic carbocycles. The molecule has 1 aliphatic rings. The number of carbonyl (C=O) groups excluding carboxylic acids is 1. The molecule has 0 spiro atoms. The van der Waals surface area contributed by atoms with Crippen molar-refractivity contribution in [2.75, 3.05) is 10.6 Å². The average Bonchev–Trinajstić information content (AvgIpc) is 3.62. The minimum Gasteiger partial charge on any atom is -0.351 e. The highest BCUT2D eigenvalue weighted by molar-refractivity contribution is 6.06. The summed E-state index contributed by atoms with van der Waals surface area (Å²) in [5.41, 5.74) is 2.27. The van der Waals surface area contributed by atoms with Crippen molar-refractivity contribution >= 4 is 23.1 Å². The van der Waals surface area contributed by atoms with Crippen LogP contribution in [0.15, 0.2) is 61.3 Å². The lowest BCUT2D eigenvalue weighted by molar-refractivity contribution is -0.142. The van der Waals surface area contributed by atoms with Crippen LogP contribution in [0.4, 0.5) is 30.4 Å². The van der Waals surface area contributed by atoms with Crippen molar-refractivity contribution in [3.8, 4) is 11.4 Å². The molecule has 9 nitrogen and oxygen atoms in total. The first-order chi connectivity index (χ1) is 16.9. The maximum absolute atomic E-state index is 13.3. The topological polar surface area (TPSA) is 111 Å². The summed E-state index contributed by atoms with van der Waals surface area (Å²) in [4.78, 5) is 29.8. The molecule has 35 heavy (non-hydrogen) atoms. The van der Waals surface area contributed by atoms with Crippen molar-refractivity contribution < 1.29 is 18.0 Å². The first-order valence-electron chi connectivity index (χ1n) is 10.8. The number of amides is 1. The second-order valence-corrected chi connectivity index (χ2v) is 8.02. The van der Waals surface area contributed by atoms with Gasteiger partial charge in [-0.3, -0.25) is 9.78 Å². The largest absolute Gasteiger partial charge is 0.408 e. The van der Waals surface area contributed by atoms with E-state index in [1.54, 1.807) is 24.3 Å². The van der Waals surface area contributed by atoms with Gasteiger partial charge in [0.2, 0.25) is 0 Å². The normalized spacial score (nSPS) is 13.5. The Balaban J connectivity index is 1.48. The van der Waals surface area contributed by atoms with Crippen molar-refractivity contribution in [2.45, 2.75) is 31.5 Å². The number of nitrogens with one attached hydrogen (secondary N) is 2. The zero-order chi connectivity index (χ0) is 24.4. The van der Waals surface area contributed by atoms with Crippen LogP contribution in [-0.2, 0) is 6.54 Å². The van der Waals surface area contributed by atoms with Crippen LogP contribution in [0.25, 0.3) is 11.4 Å². The number of nitrogens with zero attached hydrogens (tertiary/aromatic N) is 6. The van der Waals surface area contributed by atoms with Gasteiger partial charge in [0.15, 0.2) is 5.69 Å². The van der Waals surface area contributed by atoms with Gasteiger partial charge in [0.25, 0.3) is 5.91 Å². The molecule has 1 amide bonds. The molecule has 1 saturated carbocycles. The third kappa shape index (κ3) is 5.42. The van der Waals surface area contributed by atoms with E-state index in [0.29, 0.717) is 21.8 Å². The molecule has 0 aromatic carbocycles. The summed E-state index contributed by atoms with van der Waals surface area (Å²) in [7, 11) is 0. The van der Waals surface area contributed by atoms with Gasteiger partial charge in [0.1, 0.15) is 24.4 Å². The summed E-state index contributed by atoms with van der Waals surface area (Å²) >= 11 is 0. The lowest BCUT2D eigenvalue weighted by Gasteiger charge is -2.14. The van der Waals surface area contributed by atoms with Gasteiger partial charge >= 0.3 is 6.18 Å². The number of hydrogen-bond acceptors (Lipinski definition) is 7. The highest BCUT2D eigenvalue weighted by atomic mass is 19.4. The van der Waals surface area contributed by atoms with E-state index in [4.69, 9.17) is 0 Å². The predicted octanol–water partition coefficient (Wildman–Crippen LogP) is 4.57. The Morgan fingerprint density at radius 1 is 1.09 bits per heavy atom. The Kier molecular flexibility index (Phi) is 5.85. The zero-order valence-electron chi connectivity index (χ0n) is 18.2. The molecule has 2 N–H and O–H groups in total. The fourth-order valence-corrected chi connectivity index (χ4v) is 3.50. The minimum absolute atomic E-state index is 0.0393. The van der Waals surface area contributed by atoms with E-state index in [1.807, 2.05) is 6.07 Å². The highest BCUT2D eigenvalue weighted by Crippen LogP contribution is 2.40. The first-order valence-corrected chi connectivity index (χ1v) is 10.8. The molecule has 178 valence electrons. The highest BCUT2D eigenvalue weighted by Gasteiger charge is 2.31. The molecular weight excluding hydrogens is 461 g/mol. The maximum Gasteiger partial charge on any atom is 0.408 e. The number of halogens is 3. The summed E-state index contributed by atoms with van der Waals surface area (Å²) in [6.07, 6.45) is 3.33. The third-order valence-electron chi connectivity index (χ3n) is 5.25. The van der Waals surface area contributed by atoms with Crippen molar-refractivity contribution in [1.82, 2.24) is 29.7 Å². The summed E-state index contributed by atoms with van der Waals surface area (Å²) in [6.45, 7) is -1.38. The first kappa shape index (κ1) is 22.4. The van der Waals surface area contributed by atoms with Crippen LogP contribution in [0.5, 0.6) is 0 Å². The predicted molar refractivity (Wildman–Crippen MR) is 121 cm³/mol. The van der Waals surface area contributed by atoms with Crippen molar-refractivity contribution in [3.63, 3.8) is 0 Å². The molecule has 0 bridgehead atoms. The number of rotatable bonds is 7. The zero-order valence-corrected chi connectivity index (χ0v) is 18.2. The van der Waals surface area contributed by atoms with Gasteiger partial charge in [-0.05, 0) is 37.1 Å². The molecule has 0 saturated heterocycles. The van der Waals surface area contributed by atoms with Crippen LogP contribution in [0.1, 0.15) is 34.9 Å². The van der Waals surface area contributed by atoms with Gasteiger partial charge < -0.3 is 10.6 Å². The van der Waals surface area contributed by atoms with Gasteiger partial charge in [0.05, 0.1) is 29.5 Å². The molecule has 0 aliphatic heterocycles. The molecular formula is C23H19F3N8O. The molecule has 0 radical (unpaired) electrons. The molecule has 12 heteroatoms. The van der Waals surface area contributed by atoms with E-state index < -0.39 is 18.6 Å². The maximum atomic E-state index is 13.3. The van der Waals surface area contributed by atoms with Crippen molar-refractivity contribution in [3.05, 3.63) is 72.7 Å².